The average molecular weight is 545 g/mol. The van der Waals surface area contributed by atoms with Gasteiger partial charge in [-0.05, 0) is 53.1 Å². The van der Waals surface area contributed by atoms with Gasteiger partial charge in [0.2, 0.25) is 0 Å². The monoisotopic (exact) mass is 544 g/mol. The molecule has 3 unspecified atom stereocenters. The van der Waals surface area contributed by atoms with Crippen LogP contribution in [0.4, 0.5) is 0 Å². The zero-order chi connectivity index (χ0) is 26.9. The second kappa shape index (κ2) is 10.8. The number of allylic oxidation sites excluding steroid dienone is 3. The normalized spacial score (nSPS) is 24.1. The van der Waals surface area contributed by atoms with Crippen molar-refractivity contribution in [3.8, 4) is 0 Å². The summed E-state index contributed by atoms with van der Waals surface area (Å²) >= 11 is 1.81. The molecule has 4 N–H and O–H groups in total. The Bertz CT molecular complexity index is 1540. The number of rotatable bonds is 4. The first kappa shape index (κ1) is 25.0. The lowest BCUT2D eigenvalue weighted by Gasteiger charge is -2.35. The third-order valence-corrected chi connectivity index (χ3v) is 8.79. The molecule has 0 saturated heterocycles. The molecule has 40 heavy (non-hydrogen) atoms. The predicted molar refractivity (Wildman–Crippen MR) is 164 cm³/mol. The maximum absolute atomic E-state index is 5.13. The highest BCUT2D eigenvalue weighted by Gasteiger charge is 2.30. The van der Waals surface area contributed by atoms with Crippen molar-refractivity contribution in [2.45, 2.75) is 31.5 Å². The number of hydrogen-bond acceptors (Lipinski definition) is 7. The summed E-state index contributed by atoms with van der Waals surface area (Å²) in [6, 6.07) is 29.6. The molecule has 7 rings (SSSR count). The molecule has 3 aromatic carbocycles. The fourth-order valence-electron chi connectivity index (χ4n) is 5.52. The SMILES string of the molecule is C=C1NC2NCC(c3cccc(C4N=C(c5ccccc5)NC(c5ccccc5)N4)c3)=CN2SC2=C1C=CCC2. The highest BCUT2D eigenvalue weighted by molar-refractivity contribution is 8.01. The van der Waals surface area contributed by atoms with Crippen LogP contribution >= 0.6 is 11.9 Å². The van der Waals surface area contributed by atoms with E-state index in [0.29, 0.717) is 0 Å². The van der Waals surface area contributed by atoms with E-state index in [1.807, 2.05) is 24.1 Å². The summed E-state index contributed by atoms with van der Waals surface area (Å²) in [6.45, 7) is 5.06. The molecule has 0 aromatic heterocycles. The lowest BCUT2D eigenvalue weighted by atomic mass is 10.0. The molecule has 0 spiro atoms. The largest absolute Gasteiger partial charge is 0.352 e. The van der Waals surface area contributed by atoms with Crippen LogP contribution < -0.4 is 21.3 Å². The minimum Gasteiger partial charge on any atom is -0.352 e. The Hall–Kier alpha value is -4.04. The van der Waals surface area contributed by atoms with Crippen molar-refractivity contribution in [1.29, 1.82) is 0 Å². The minimum absolute atomic E-state index is 0.000760. The van der Waals surface area contributed by atoms with E-state index in [9.17, 15) is 0 Å². The number of amidine groups is 1. The molecule has 0 fully saturated rings. The van der Waals surface area contributed by atoms with E-state index in [4.69, 9.17) is 4.99 Å². The van der Waals surface area contributed by atoms with Crippen LogP contribution in [-0.4, -0.2) is 23.0 Å². The Morgan fingerprint density at radius 3 is 2.50 bits per heavy atom. The standard InChI is InChI=1S/C33H32N6S/c1-22-28-17-8-9-18-29(28)40-39-21-27(20-34-33(39)35-22)25-15-10-16-26(19-25)32-37-30(23-11-4-2-5-12-23)36-31(38-32)24-13-6-3-7-14-24/h2-8,10-17,19,21,30,32-35,37H,1,9,18,20H2,(H,36,38). The lowest BCUT2D eigenvalue weighted by molar-refractivity contribution is 0.327. The average Bonchev–Trinajstić information content (AvgIpc) is 3.17. The van der Waals surface area contributed by atoms with Gasteiger partial charge < -0.3 is 10.6 Å². The summed E-state index contributed by atoms with van der Waals surface area (Å²) in [5, 5.41) is 14.6. The molecule has 3 aliphatic heterocycles. The van der Waals surface area contributed by atoms with Crippen LogP contribution in [0.25, 0.3) is 5.57 Å². The van der Waals surface area contributed by atoms with Crippen molar-refractivity contribution in [3.63, 3.8) is 0 Å². The van der Waals surface area contributed by atoms with Gasteiger partial charge in [0.15, 0.2) is 6.29 Å². The summed E-state index contributed by atoms with van der Waals surface area (Å²) in [6.07, 6.45) is 8.59. The van der Waals surface area contributed by atoms with Crippen LogP contribution in [-0.2, 0) is 0 Å². The third-order valence-electron chi connectivity index (χ3n) is 7.62. The third kappa shape index (κ3) is 4.99. The van der Waals surface area contributed by atoms with E-state index >= 15 is 0 Å². The Morgan fingerprint density at radius 1 is 0.875 bits per heavy atom. The Morgan fingerprint density at radius 2 is 1.65 bits per heavy atom. The molecule has 200 valence electrons. The van der Waals surface area contributed by atoms with E-state index in [1.165, 1.54) is 27.2 Å². The maximum Gasteiger partial charge on any atom is 0.165 e. The first-order chi connectivity index (χ1) is 19.7. The highest BCUT2D eigenvalue weighted by atomic mass is 32.2. The fraction of sp³-hybridized carbons (Fsp3) is 0.182. The fourth-order valence-corrected chi connectivity index (χ4v) is 6.68. The van der Waals surface area contributed by atoms with Crippen molar-refractivity contribution in [2.24, 2.45) is 4.99 Å². The Labute approximate surface area is 239 Å². The quantitative estimate of drug-likeness (QED) is 0.306. The van der Waals surface area contributed by atoms with Gasteiger partial charge >= 0.3 is 0 Å². The summed E-state index contributed by atoms with van der Waals surface area (Å²) in [7, 11) is 0. The van der Waals surface area contributed by atoms with Crippen molar-refractivity contribution < 1.29 is 0 Å². The molecule has 0 saturated carbocycles. The van der Waals surface area contributed by atoms with Crippen molar-refractivity contribution in [2.75, 3.05) is 6.54 Å². The van der Waals surface area contributed by atoms with Crippen LogP contribution in [0.3, 0.4) is 0 Å². The topological polar surface area (TPSA) is 63.7 Å². The van der Waals surface area contributed by atoms with Crippen molar-refractivity contribution in [1.82, 2.24) is 25.6 Å². The van der Waals surface area contributed by atoms with Gasteiger partial charge in [0.25, 0.3) is 0 Å². The van der Waals surface area contributed by atoms with Gasteiger partial charge in [0.05, 0.1) is 0 Å². The lowest BCUT2D eigenvalue weighted by Crippen LogP contribution is -2.52. The second-order valence-electron chi connectivity index (χ2n) is 10.3. The van der Waals surface area contributed by atoms with E-state index in [0.717, 1.165) is 42.0 Å². The van der Waals surface area contributed by atoms with Crippen LogP contribution in [0.2, 0.25) is 0 Å². The number of nitrogens with zero attached hydrogens (tertiary/aromatic N) is 2. The van der Waals surface area contributed by atoms with Gasteiger partial charge in [0, 0.05) is 34.5 Å². The predicted octanol–water partition coefficient (Wildman–Crippen LogP) is 5.92. The van der Waals surface area contributed by atoms with Gasteiger partial charge in [-0.15, -0.1) is 0 Å². The van der Waals surface area contributed by atoms with Crippen LogP contribution in [0, 0.1) is 0 Å². The first-order valence-electron chi connectivity index (χ1n) is 13.8. The number of aliphatic imine (C=N–C) groups is 1. The van der Waals surface area contributed by atoms with E-state index in [2.05, 4.69) is 123 Å². The minimum atomic E-state index is -0.189. The Kier molecular flexibility index (Phi) is 6.77. The maximum atomic E-state index is 5.13. The number of nitrogens with one attached hydrogen (secondary N) is 4. The zero-order valence-electron chi connectivity index (χ0n) is 22.2. The smallest absolute Gasteiger partial charge is 0.165 e. The molecule has 6 nitrogen and oxygen atoms in total. The first-order valence-corrected chi connectivity index (χ1v) is 14.6. The highest BCUT2D eigenvalue weighted by Crippen LogP contribution is 2.39. The van der Waals surface area contributed by atoms with E-state index < -0.39 is 0 Å². The zero-order valence-corrected chi connectivity index (χ0v) is 23.0. The molecule has 3 atom stereocenters. The van der Waals surface area contributed by atoms with Crippen molar-refractivity contribution in [3.05, 3.63) is 148 Å². The molecular formula is C33H32N6S. The van der Waals surface area contributed by atoms with Crippen LogP contribution in [0.5, 0.6) is 0 Å². The number of benzene rings is 3. The molecular weight excluding hydrogens is 512 g/mol. The van der Waals surface area contributed by atoms with Gasteiger partial charge in [0.1, 0.15) is 18.2 Å². The summed E-state index contributed by atoms with van der Waals surface area (Å²) in [4.78, 5) is 6.49. The molecule has 3 heterocycles. The van der Waals surface area contributed by atoms with Gasteiger partial charge in [-0.3, -0.25) is 14.9 Å². The van der Waals surface area contributed by atoms with Crippen LogP contribution in [0.15, 0.2) is 131 Å². The molecule has 4 aliphatic rings. The van der Waals surface area contributed by atoms with Crippen molar-refractivity contribution >= 4 is 23.4 Å². The molecule has 0 amide bonds. The summed E-state index contributed by atoms with van der Waals surface area (Å²) < 4.78 is 2.29. The van der Waals surface area contributed by atoms with Gasteiger partial charge in [-0.25, -0.2) is 4.99 Å². The molecule has 0 radical (unpaired) electrons. The van der Waals surface area contributed by atoms with Gasteiger partial charge in [-0.1, -0.05) is 97.6 Å². The molecule has 0 bridgehead atoms. The number of hydrogen-bond donors (Lipinski definition) is 4. The van der Waals surface area contributed by atoms with E-state index in [-0.39, 0.29) is 18.6 Å². The number of fused-ring (bicyclic) bond motifs is 1. The van der Waals surface area contributed by atoms with E-state index in [1.54, 1.807) is 0 Å². The van der Waals surface area contributed by atoms with Crippen LogP contribution in [0.1, 0.15) is 47.4 Å². The second-order valence-corrected chi connectivity index (χ2v) is 11.4. The molecule has 7 heteroatoms. The summed E-state index contributed by atoms with van der Waals surface area (Å²) in [5.41, 5.74) is 8.03. The molecule has 1 aliphatic carbocycles. The summed E-state index contributed by atoms with van der Waals surface area (Å²) in [5.74, 6) is 0.892. The molecule has 3 aromatic rings. The Balaban J connectivity index is 1.20. The van der Waals surface area contributed by atoms with Gasteiger partial charge in [-0.2, -0.15) is 0 Å².